The van der Waals surface area contributed by atoms with E-state index in [1.165, 1.54) is 11.1 Å². The molecular formula is C18H31NO. The van der Waals surface area contributed by atoms with Gasteiger partial charge in [0.2, 0.25) is 0 Å². The molecule has 0 spiro atoms. The van der Waals surface area contributed by atoms with Crippen LogP contribution < -0.4 is 5.32 Å². The fraction of sp³-hybridized carbons (Fsp3) is 0.667. The van der Waals surface area contributed by atoms with Crippen molar-refractivity contribution in [3.63, 3.8) is 0 Å². The Hall–Kier alpha value is -0.860. The summed E-state index contributed by atoms with van der Waals surface area (Å²) in [6, 6.07) is 9.52. The molecule has 0 aliphatic rings. The first-order valence-corrected chi connectivity index (χ1v) is 7.90. The average Bonchev–Trinajstić information content (AvgIpc) is 2.41. The van der Waals surface area contributed by atoms with E-state index in [-0.39, 0.29) is 5.41 Å². The van der Waals surface area contributed by atoms with Gasteiger partial charge in [-0.3, -0.25) is 0 Å². The summed E-state index contributed by atoms with van der Waals surface area (Å²) in [7, 11) is 0. The van der Waals surface area contributed by atoms with Crippen LogP contribution in [0.4, 0.5) is 0 Å². The molecule has 2 heteroatoms. The lowest BCUT2D eigenvalue weighted by Gasteiger charge is -2.22. The maximum absolute atomic E-state index is 5.43. The van der Waals surface area contributed by atoms with Gasteiger partial charge in [-0.05, 0) is 42.9 Å². The minimum Gasteiger partial charge on any atom is -0.382 e. The summed E-state index contributed by atoms with van der Waals surface area (Å²) in [5.74, 6) is 0. The van der Waals surface area contributed by atoms with Crippen LogP contribution in [0.1, 0.15) is 64.6 Å². The Morgan fingerprint density at radius 3 is 2.25 bits per heavy atom. The molecule has 1 N–H and O–H groups in total. The van der Waals surface area contributed by atoms with Crippen molar-refractivity contribution in [2.75, 3.05) is 19.8 Å². The van der Waals surface area contributed by atoms with Crippen molar-refractivity contribution in [3.8, 4) is 0 Å². The molecule has 0 heterocycles. The van der Waals surface area contributed by atoms with Crippen LogP contribution in [0.3, 0.4) is 0 Å². The highest BCUT2D eigenvalue weighted by molar-refractivity contribution is 5.29. The Balaban J connectivity index is 2.66. The molecule has 0 saturated heterocycles. The molecule has 0 fully saturated rings. The van der Waals surface area contributed by atoms with Crippen molar-refractivity contribution < 1.29 is 4.74 Å². The number of hydrogen-bond donors (Lipinski definition) is 1. The molecule has 0 aliphatic heterocycles. The van der Waals surface area contributed by atoms with Crippen LogP contribution in [0.2, 0.25) is 0 Å². The highest BCUT2D eigenvalue weighted by atomic mass is 16.5. The summed E-state index contributed by atoms with van der Waals surface area (Å²) in [6.45, 7) is 13.7. The normalized spacial score (nSPS) is 13.4. The molecule has 0 bridgehead atoms. The highest BCUT2D eigenvalue weighted by Gasteiger charge is 2.15. The van der Waals surface area contributed by atoms with Gasteiger partial charge in [-0.15, -0.1) is 0 Å². The van der Waals surface area contributed by atoms with Crippen LogP contribution in [0.25, 0.3) is 0 Å². The Morgan fingerprint density at radius 1 is 1.10 bits per heavy atom. The molecule has 2 nitrogen and oxygen atoms in total. The van der Waals surface area contributed by atoms with Gasteiger partial charge < -0.3 is 10.1 Å². The van der Waals surface area contributed by atoms with E-state index in [1.54, 1.807) is 0 Å². The summed E-state index contributed by atoms with van der Waals surface area (Å²) < 4.78 is 5.43. The van der Waals surface area contributed by atoms with Gasteiger partial charge in [-0.25, -0.2) is 0 Å². The third-order valence-electron chi connectivity index (χ3n) is 3.62. The van der Waals surface area contributed by atoms with Crippen molar-refractivity contribution in [2.45, 2.75) is 58.9 Å². The molecule has 1 atom stereocenters. The third kappa shape index (κ3) is 5.64. The van der Waals surface area contributed by atoms with Crippen LogP contribution in [-0.4, -0.2) is 19.8 Å². The summed E-state index contributed by atoms with van der Waals surface area (Å²) in [4.78, 5) is 0. The van der Waals surface area contributed by atoms with Gasteiger partial charge in [0.25, 0.3) is 0 Å². The van der Waals surface area contributed by atoms with Gasteiger partial charge in [-0.2, -0.15) is 0 Å². The zero-order valence-corrected chi connectivity index (χ0v) is 13.8. The standard InChI is InChI=1S/C18H31NO/c1-6-19-17(9-8-14-20-7-2)15-10-12-16(13-11-15)18(3,4)5/h10-13,17,19H,6-9,14H2,1-5H3. The first-order chi connectivity index (χ1) is 9.49. The van der Waals surface area contributed by atoms with E-state index in [2.05, 4.69) is 57.3 Å². The van der Waals surface area contributed by atoms with Gasteiger partial charge in [0, 0.05) is 19.3 Å². The van der Waals surface area contributed by atoms with Gasteiger partial charge in [0.1, 0.15) is 0 Å². The molecule has 0 aliphatic carbocycles. The van der Waals surface area contributed by atoms with Gasteiger partial charge >= 0.3 is 0 Å². The summed E-state index contributed by atoms with van der Waals surface area (Å²) >= 11 is 0. The first-order valence-electron chi connectivity index (χ1n) is 7.90. The monoisotopic (exact) mass is 277 g/mol. The summed E-state index contributed by atoms with van der Waals surface area (Å²) in [5, 5.41) is 3.58. The van der Waals surface area contributed by atoms with Crippen LogP contribution in [0.15, 0.2) is 24.3 Å². The second-order valence-corrected chi connectivity index (χ2v) is 6.32. The minimum atomic E-state index is 0.223. The van der Waals surface area contributed by atoms with Crippen LogP contribution in [0, 0.1) is 0 Å². The SMILES string of the molecule is CCNC(CCCOCC)c1ccc(C(C)(C)C)cc1. The average molecular weight is 277 g/mol. The lowest BCUT2D eigenvalue weighted by atomic mass is 9.86. The zero-order valence-electron chi connectivity index (χ0n) is 13.8. The Kier molecular flexibility index (Phi) is 7.25. The van der Waals surface area contributed by atoms with Gasteiger partial charge in [0.15, 0.2) is 0 Å². The molecule has 1 unspecified atom stereocenters. The Morgan fingerprint density at radius 2 is 1.75 bits per heavy atom. The Bertz CT molecular complexity index is 364. The molecule has 1 aromatic rings. The molecule has 1 aromatic carbocycles. The quantitative estimate of drug-likeness (QED) is 0.709. The number of ether oxygens (including phenoxy) is 1. The third-order valence-corrected chi connectivity index (χ3v) is 3.62. The van der Waals surface area contributed by atoms with Crippen molar-refractivity contribution in [3.05, 3.63) is 35.4 Å². The van der Waals surface area contributed by atoms with Crippen LogP contribution in [-0.2, 0) is 10.2 Å². The van der Waals surface area contributed by atoms with E-state index in [1.807, 2.05) is 6.92 Å². The van der Waals surface area contributed by atoms with Gasteiger partial charge in [0.05, 0.1) is 0 Å². The summed E-state index contributed by atoms with van der Waals surface area (Å²) in [6.07, 6.45) is 2.23. The number of hydrogen-bond acceptors (Lipinski definition) is 2. The highest BCUT2D eigenvalue weighted by Crippen LogP contribution is 2.25. The second-order valence-electron chi connectivity index (χ2n) is 6.32. The number of rotatable bonds is 8. The lowest BCUT2D eigenvalue weighted by molar-refractivity contribution is 0.141. The van der Waals surface area contributed by atoms with E-state index in [4.69, 9.17) is 4.74 Å². The maximum Gasteiger partial charge on any atom is 0.0466 e. The van der Waals surface area contributed by atoms with Crippen molar-refractivity contribution >= 4 is 0 Å². The van der Waals surface area contributed by atoms with Crippen molar-refractivity contribution in [2.24, 2.45) is 0 Å². The first kappa shape index (κ1) is 17.2. The van der Waals surface area contributed by atoms with E-state index in [0.717, 1.165) is 32.6 Å². The molecule has 1 rings (SSSR count). The van der Waals surface area contributed by atoms with Crippen LogP contribution >= 0.6 is 0 Å². The maximum atomic E-state index is 5.43. The molecule has 0 radical (unpaired) electrons. The van der Waals surface area contributed by atoms with Crippen LogP contribution in [0.5, 0.6) is 0 Å². The molecular weight excluding hydrogens is 246 g/mol. The van der Waals surface area contributed by atoms with E-state index in [0.29, 0.717) is 6.04 Å². The van der Waals surface area contributed by atoms with Gasteiger partial charge in [-0.1, -0.05) is 52.0 Å². The van der Waals surface area contributed by atoms with E-state index < -0.39 is 0 Å². The molecule has 114 valence electrons. The van der Waals surface area contributed by atoms with Crippen molar-refractivity contribution in [1.82, 2.24) is 5.32 Å². The number of nitrogens with one attached hydrogen (secondary N) is 1. The molecule has 0 saturated carbocycles. The number of benzene rings is 1. The second kappa shape index (κ2) is 8.43. The topological polar surface area (TPSA) is 21.3 Å². The zero-order chi connectivity index (χ0) is 15.0. The van der Waals surface area contributed by atoms with Crippen molar-refractivity contribution in [1.29, 1.82) is 0 Å². The molecule has 0 amide bonds. The largest absolute Gasteiger partial charge is 0.382 e. The van der Waals surface area contributed by atoms with E-state index >= 15 is 0 Å². The predicted octanol–water partition coefficient (Wildman–Crippen LogP) is 4.45. The molecule has 20 heavy (non-hydrogen) atoms. The van der Waals surface area contributed by atoms with E-state index in [9.17, 15) is 0 Å². The predicted molar refractivity (Wildman–Crippen MR) is 87.3 cm³/mol. The smallest absolute Gasteiger partial charge is 0.0466 e. The molecule has 0 aromatic heterocycles. The summed E-state index contributed by atoms with van der Waals surface area (Å²) in [5.41, 5.74) is 3.00. The Labute approximate surface area is 124 Å². The fourth-order valence-corrected chi connectivity index (χ4v) is 2.38. The minimum absolute atomic E-state index is 0.223. The fourth-order valence-electron chi connectivity index (χ4n) is 2.38. The lowest BCUT2D eigenvalue weighted by Crippen LogP contribution is -2.21.